The summed E-state index contributed by atoms with van der Waals surface area (Å²) in [4.78, 5) is 15.5. The minimum absolute atomic E-state index is 0.245. The van der Waals surface area contributed by atoms with Crippen LogP contribution in [0, 0.1) is 0 Å². The number of rotatable bonds is 5. The number of nitrogens with one attached hydrogen (secondary N) is 3. The lowest BCUT2D eigenvalue weighted by Crippen LogP contribution is -2.54. The van der Waals surface area contributed by atoms with Crippen LogP contribution in [0.2, 0.25) is 0 Å². The van der Waals surface area contributed by atoms with E-state index in [9.17, 15) is 13.6 Å². The van der Waals surface area contributed by atoms with Crippen molar-refractivity contribution in [3.05, 3.63) is 0 Å². The van der Waals surface area contributed by atoms with Gasteiger partial charge in [0.05, 0.1) is 12.1 Å². The van der Waals surface area contributed by atoms with Gasteiger partial charge in [-0.3, -0.25) is 4.99 Å². The molecule has 0 bridgehead atoms. The number of nitrogens with zero attached hydrogens (tertiary/aromatic N) is 1. The Labute approximate surface area is 124 Å². The van der Waals surface area contributed by atoms with Gasteiger partial charge in [0.25, 0.3) is 6.43 Å². The maximum atomic E-state index is 12.1. The summed E-state index contributed by atoms with van der Waals surface area (Å²) < 4.78 is 29.4. The first kappa shape index (κ1) is 19.4. The highest BCUT2D eigenvalue weighted by atomic mass is 19.3. The molecule has 3 N–H and O–H groups in total. The number of hydrogen-bond acceptors (Lipinski definition) is 3. The standard InChI is InChI=1S/C13H26F2N4O2/c1-12(2,3)21-11(20)19-13(4,5)8-18-10(16-6)17-7-9(14)15/h9H,7-8H2,1-6H3,(H,19,20)(H2,16,17,18). The SMILES string of the molecule is CN=C(NCC(F)F)NCC(C)(C)NC(=O)OC(C)(C)C. The van der Waals surface area contributed by atoms with Gasteiger partial charge in [0, 0.05) is 13.6 Å². The van der Waals surface area contributed by atoms with Crippen molar-refractivity contribution in [1.29, 1.82) is 0 Å². The first-order valence-electron chi connectivity index (χ1n) is 6.69. The normalized spacial score (nSPS) is 13.1. The maximum absolute atomic E-state index is 12.1. The Morgan fingerprint density at radius 3 is 2.19 bits per heavy atom. The fourth-order valence-electron chi connectivity index (χ4n) is 1.32. The molecule has 1 amide bonds. The quantitative estimate of drug-likeness (QED) is 0.534. The molecule has 0 aromatic carbocycles. The van der Waals surface area contributed by atoms with Crippen molar-refractivity contribution < 1.29 is 18.3 Å². The number of amides is 1. The highest BCUT2D eigenvalue weighted by Gasteiger charge is 2.24. The summed E-state index contributed by atoms with van der Waals surface area (Å²) in [6, 6.07) is 0. The molecule has 21 heavy (non-hydrogen) atoms. The van der Waals surface area contributed by atoms with Crippen molar-refractivity contribution in [2.75, 3.05) is 20.1 Å². The van der Waals surface area contributed by atoms with Gasteiger partial charge in [0.15, 0.2) is 5.96 Å². The summed E-state index contributed by atoms with van der Waals surface area (Å²) in [6.07, 6.45) is -3.00. The van der Waals surface area contributed by atoms with Gasteiger partial charge < -0.3 is 20.7 Å². The first-order chi connectivity index (χ1) is 9.45. The molecule has 0 heterocycles. The molecule has 0 aliphatic rings. The van der Waals surface area contributed by atoms with Gasteiger partial charge >= 0.3 is 6.09 Å². The Bertz CT molecular complexity index is 366. The number of guanidine groups is 1. The zero-order valence-corrected chi connectivity index (χ0v) is 13.5. The monoisotopic (exact) mass is 308 g/mol. The van der Waals surface area contributed by atoms with Crippen molar-refractivity contribution in [3.8, 4) is 0 Å². The number of halogens is 2. The van der Waals surface area contributed by atoms with Gasteiger partial charge in [-0.1, -0.05) is 0 Å². The number of alkyl halides is 2. The van der Waals surface area contributed by atoms with Gasteiger partial charge in [-0.2, -0.15) is 0 Å². The van der Waals surface area contributed by atoms with E-state index in [0.717, 1.165) is 0 Å². The molecular weight excluding hydrogens is 282 g/mol. The molecule has 0 fully saturated rings. The number of ether oxygens (including phenoxy) is 1. The Kier molecular flexibility index (Phi) is 7.38. The molecule has 0 rings (SSSR count). The van der Waals surface area contributed by atoms with Crippen LogP contribution in [0.15, 0.2) is 4.99 Å². The molecule has 0 aliphatic carbocycles. The fraction of sp³-hybridized carbons (Fsp3) is 0.846. The highest BCUT2D eigenvalue weighted by Crippen LogP contribution is 2.09. The van der Waals surface area contributed by atoms with E-state index in [-0.39, 0.29) is 5.96 Å². The molecule has 0 saturated carbocycles. The predicted molar refractivity (Wildman–Crippen MR) is 78.8 cm³/mol. The topological polar surface area (TPSA) is 74.8 Å². The van der Waals surface area contributed by atoms with Crippen molar-refractivity contribution in [3.63, 3.8) is 0 Å². The van der Waals surface area contributed by atoms with Gasteiger partial charge in [0.2, 0.25) is 0 Å². The van der Waals surface area contributed by atoms with Gasteiger partial charge in [-0.15, -0.1) is 0 Å². The lowest BCUT2D eigenvalue weighted by Gasteiger charge is -2.29. The minimum atomic E-state index is -2.46. The summed E-state index contributed by atoms with van der Waals surface area (Å²) in [6.45, 7) is 8.69. The Morgan fingerprint density at radius 1 is 1.19 bits per heavy atom. The van der Waals surface area contributed by atoms with Gasteiger partial charge in [-0.25, -0.2) is 13.6 Å². The first-order valence-corrected chi connectivity index (χ1v) is 6.69. The second kappa shape index (κ2) is 7.99. The highest BCUT2D eigenvalue weighted by molar-refractivity contribution is 5.79. The third kappa shape index (κ3) is 10.8. The summed E-state index contributed by atoms with van der Waals surface area (Å²) in [5, 5.41) is 8.05. The van der Waals surface area contributed by atoms with E-state index in [4.69, 9.17) is 4.74 Å². The third-order valence-electron chi connectivity index (χ3n) is 2.18. The van der Waals surface area contributed by atoms with Crippen molar-refractivity contribution in [1.82, 2.24) is 16.0 Å². The van der Waals surface area contributed by atoms with Crippen molar-refractivity contribution >= 4 is 12.1 Å². The Morgan fingerprint density at radius 2 is 1.76 bits per heavy atom. The zero-order chi connectivity index (χ0) is 16.7. The van der Waals surface area contributed by atoms with Gasteiger partial charge in [-0.05, 0) is 34.6 Å². The molecule has 0 radical (unpaired) electrons. The summed E-state index contributed by atoms with van der Waals surface area (Å²) >= 11 is 0. The minimum Gasteiger partial charge on any atom is -0.444 e. The van der Waals surface area contributed by atoms with Crippen molar-refractivity contribution in [2.45, 2.75) is 52.2 Å². The van der Waals surface area contributed by atoms with Crippen LogP contribution in [0.5, 0.6) is 0 Å². The van der Waals surface area contributed by atoms with Crippen LogP contribution in [0.3, 0.4) is 0 Å². The number of carbonyl (C=O) groups excluding carboxylic acids is 1. The molecule has 6 nitrogen and oxygen atoms in total. The molecule has 0 aromatic heterocycles. The molecule has 8 heteroatoms. The molecule has 0 unspecified atom stereocenters. The van der Waals surface area contributed by atoms with Crippen LogP contribution in [-0.4, -0.2) is 49.8 Å². The summed E-state index contributed by atoms with van der Waals surface area (Å²) in [5.74, 6) is 0.245. The van der Waals surface area contributed by atoms with E-state index in [2.05, 4.69) is 20.9 Å². The third-order valence-corrected chi connectivity index (χ3v) is 2.18. The molecule has 124 valence electrons. The molecule has 0 atom stereocenters. The fourth-order valence-corrected chi connectivity index (χ4v) is 1.32. The Balaban J connectivity index is 4.31. The van der Waals surface area contributed by atoms with Crippen LogP contribution in [-0.2, 0) is 4.74 Å². The van der Waals surface area contributed by atoms with Crippen LogP contribution in [0.25, 0.3) is 0 Å². The number of carbonyl (C=O) groups is 1. The van der Waals surface area contributed by atoms with Crippen LogP contribution in [0.1, 0.15) is 34.6 Å². The summed E-state index contributed by atoms with van der Waals surface area (Å²) in [7, 11) is 1.48. The Hall–Kier alpha value is -1.60. The number of hydrogen-bond donors (Lipinski definition) is 3. The average Bonchev–Trinajstić information content (AvgIpc) is 2.25. The number of aliphatic imine (C=N–C) groups is 1. The second-order valence-corrected chi connectivity index (χ2v) is 6.21. The lowest BCUT2D eigenvalue weighted by atomic mass is 10.1. The molecule has 0 aliphatic heterocycles. The lowest BCUT2D eigenvalue weighted by molar-refractivity contribution is 0.0474. The zero-order valence-electron chi connectivity index (χ0n) is 13.5. The second-order valence-electron chi connectivity index (χ2n) is 6.21. The largest absolute Gasteiger partial charge is 0.444 e. The van der Waals surface area contributed by atoms with Crippen molar-refractivity contribution in [2.24, 2.45) is 4.99 Å². The van der Waals surface area contributed by atoms with E-state index < -0.39 is 30.2 Å². The maximum Gasteiger partial charge on any atom is 0.408 e. The van der Waals surface area contributed by atoms with E-state index in [1.165, 1.54) is 7.05 Å². The van der Waals surface area contributed by atoms with E-state index >= 15 is 0 Å². The molecule has 0 aromatic rings. The molecular formula is C13H26F2N4O2. The van der Waals surface area contributed by atoms with Crippen LogP contribution < -0.4 is 16.0 Å². The van der Waals surface area contributed by atoms with Crippen LogP contribution in [0.4, 0.5) is 13.6 Å². The van der Waals surface area contributed by atoms with Gasteiger partial charge in [0.1, 0.15) is 5.60 Å². The molecule has 0 spiro atoms. The predicted octanol–water partition coefficient (Wildman–Crippen LogP) is 1.72. The van der Waals surface area contributed by atoms with E-state index in [1.807, 2.05) is 0 Å². The number of alkyl carbamates (subject to hydrolysis) is 1. The smallest absolute Gasteiger partial charge is 0.408 e. The average molecular weight is 308 g/mol. The molecule has 0 saturated heterocycles. The van der Waals surface area contributed by atoms with E-state index in [0.29, 0.717) is 6.54 Å². The van der Waals surface area contributed by atoms with E-state index in [1.54, 1.807) is 34.6 Å². The van der Waals surface area contributed by atoms with Crippen LogP contribution >= 0.6 is 0 Å². The summed E-state index contributed by atoms with van der Waals surface area (Å²) in [5.41, 5.74) is -1.22.